The van der Waals surface area contributed by atoms with Crippen LogP contribution in [0.2, 0.25) is 5.02 Å². The van der Waals surface area contributed by atoms with Gasteiger partial charge >= 0.3 is 5.97 Å². The molecule has 0 bridgehead atoms. The standard InChI is InChI=1S/C22H25ClN2O5S/c1-4-19(22(29)25-17-10-13(2)16(23)12-18(17)30-3)31-15-7-5-6-14(11-15)24-20(26)8-9-21(27)28/h5-7,10-12,19H,4,8-9H2,1-3H3,(H,24,26)(H,25,29)(H,27,28). The van der Waals surface area contributed by atoms with Crippen molar-refractivity contribution in [3.8, 4) is 5.75 Å². The fourth-order valence-corrected chi connectivity index (χ4v) is 3.89. The van der Waals surface area contributed by atoms with E-state index in [9.17, 15) is 14.4 Å². The van der Waals surface area contributed by atoms with E-state index < -0.39 is 5.97 Å². The molecule has 166 valence electrons. The zero-order chi connectivity index (χ0) is 23.0. The van der Waals surface area contributed by atoms with Crippen LogP contribution in [0.5, 0.6) is 5.75 Å². The Morgan fingerprint density at radius 1 is 1.16 bits per heavy atom. The smallest absolute Gasteiger partial charge is 0.303 e. The predicted molar refractivity (Wildman–Crippen MR) is 123 cm³/mol. The highest BCUT2D eigenvalue weighted by atomic mass is 35.5. The summed E-state index contributed by atoms with van der Waals surface area (Å²) in [5, 5.41) is 14.4. The summed E-state index contributed by atoms with van der Waals surface area (Å²) < 4.78 is 5.32. The Morgan fingerprint density at radius 2 is 1.90 bits per heavy atom. The zero-order valence-corrected chi connectivity index (χ0v) is 19.1. The Labute approximate surface area is 190 Å². The zero-order valence-electron chi connectivity index (χ0n) is 17.5. The van der Waals surface area contributed by atoms with E-state index in [4.69, 9.17) is 21.4 Å². The average molecular weight is 465 g/mol. The number of anilines is 2. The van der Waals surface area contributed by atoms with Crippen LogP contribution < -0.4 is 15.4 Å². The lowest BCUT2D eigenvalue weighted by Crippen LogP contribution is -2.24. The number of carboxylic acid groups (broad SMARTS) is 1. The molecule has 3 N–H and O–H groups in total. The van der Waals surface area contributed by atoms with Gasteiger partial charge in [-0.25, -0.2) is 0 Å². The number of aryl methyl sites for hydroxylation is 1. The second kappa shape index (κ2) is 11.6. The number of halogens is 1. The van der Waals surface area contributed by atoms with Crippen LogP contribution in [-0.2, 0) is 14.4 Å². The number of aliphatic carboxylic acids is 1. The molecule has 2 aromatic carbocycles. The van der Waals surface area contributed by atoms with Crippen molar-refractivity contribution in [1.82, 2.24) is 0 Å². The number of carboxylic acids is 1. The second-order valence-corrected chi connectivity index (χ2v) is 8.46. The van der Waals surface area contributed by atoms with Crippen LogP contribution in [0.1, 0.15) is 31.7 Å². The first-order valence-corrected chi connectivity index (χ1v) is 10.9. The molecule has 31 heavy (non-hydrogen) atoms. The molecule has 1 unspecified atom stereocenters. The first-order chi connectivity index (χ1) is 14.7. The highest BCUT2D eigenvalue weighted by Crippen LogP contribution is 2.33. The third-order valence-corrected chi connectivity index (χ3v) is 6.13. The molecule has 0 heterocycles. The molecule has 2 aromatic rings. The van der Waals surface area contributed by atoms with Crippen molar-refractivity contribution < 1.29 is 24.2 Å². The normalized spacial score (nSPS) is 11.5. The molecular formula is C22H25ClN2O5S. The number of carbonyl (C=O) groups excluding carboxylic acids is 2. The molecular weight excluding hydrogens is 440 g/mol. The molecule has 2 amide bonds. The van der Waals surface area contributed by atoms with Gasteiger partial charge in [0.1, 0.15) is 5.75 Å². The number of nitrogens with one attached hydrogen (secondary N) is 2. The first-order valence-electron chi connectivity index (χ1n) is 9.66. The lowest BCUT2D eigenvalue weighted by Gasteiger charge is -2.17. The summed E-state index contributed by atoms with van der Waals surface area (Å²) in [5.74, 6) is -1.10. The topological polar surface area (TPSA) is 105 Å². The molecule has 7 nitrogen and oxygen atoms in total. The summed E-state index contributed by atoms with van der Waals surface area (Å²) >= 11 is 7.50. The molecule has 0 aromatic heterocycles. The number of thioether (sulfide) groups is 1. The number of methoxy groups -OCH3 is 1. The summed E-state index contributed by atoms with van der Waals surface area (Å²) in [7, 11) is 1.51. The number of hydrogen-bond acceptors (Lipinski definition) is 5. The van der Waals surface area contributed by atoms with Gasteiger partial charge in [-0.15, -0.1) is 11.8 Å². The number of amides is 2. The van der Waals surface area contributed by atoms with Crippen LogP contribution in [0.3, 0.4) is 0 Å². The van der Waals surface area contributed by atoms with Gasteiger partial charge in [0.15, 0.2) is 0 Å². The number of ether oxygens (including phenoxy) is 1. The van der Waals surface area contributed by atoms with Crippen molar-refractivity contribution >= 4 is 52.5 Å². The summed E-state index contributed by atoms with van der Waals surface area (Å²) in [6.45, 7) is 3.76. The predicted octanol–water partition coefficient (Wildman–Crippen LogP) is 4.97. The van der Waals surface area contributed by atoms with Crippen LogP contribution in [0.15, 0.2) is 41.3 Å². The van der Waals surface area contributed by atoms with Crippen molar-refractivity contribution in [3.05, 3.63) is 47.0 Å². The highest BCUT2D eigenvalue weighted by molar-refractivity contribution is 8.00. The van der Waals surface area contributed by atoms with Crippen molar-refractivity contribution in [2.45, 2.75) is 43.3 Å². The molecule has 1 atom stereocenters. The van der Waals surface area contributed by atoms with Gasteiger partial charge in [0.25, 0.3) is 0 Å². The van der Waals surface area contributed by atoms with E-state index in [0.717, 1.165) is 10.5 Å². The highest BCUT2D eigenvalue weighted by Gasteiger charge is 2.20. The number of carbonyl (C=O) groups is 3. The van der Waals surface area contributed by atoms with Crippen molar-refractivity contribution in [3.63, 3.8) is 0 Å². The van der Waals surface area contributed by atoms with Gasteiger partial charge in [0, 0.05) is 28.1 Å². The third kappa shape index (κ3) is 7.48. The molecule has 0 aliphatic carbocycles. The summed E-state index contributed by atoms with van der Waals surface area (Å²) in [5.41, 5.74) is 1.92. The Hall–Kier alpha value is -2.71. The van der Waals surface area contributed by atoms with Crippen LogP contribution in [0, 0.1) is 6.92 Å². The first kappa shape index (κ1) is 24.6. The molecule has 0 spiro atoms. The average Bonchev–Trinajstić information content (AvgIpc) is 2.73. The summed E-state index contributed by atoms with van der Waals surface area (Å²) in [4.78, 5) is 36.1. The molecule has 0 radical (unpaired) electrons. The molecule has 9 heteroatoms. The minimum absolute atomic E-state index is 0.102. The van der Waals surface area contributed by atoms with Gasteiger partial charge in [0.2, 0.25) is 11.8 Å². The van der Waals surface area contributed by atoms with E-state index >= 15 is 0 Å². The van der Waals surface area contributed by atoms with Crippen molar-refractivity contribution in [2.75, 3.05) is 17.7 Å². The maximum absolute atomic E-state index is 12.9. The number of benzene rings is 2. The monoisotopic (exact) mass is 464 g/mol. The quantitative estimate of drug-likeness (QED) is 0.429. The SMILES string of the molecule is CCC(Sc1cccc(NC(=O)CCC(=O)O)c1)C(=O)Nc1cc(C)c(Cl)cc1OC. The van der Waals surface area contributed by atoms with Gasteiger partial charge < -0.3 is 20.5 Å². The Kier molecular flexibility index (Phi) is 9.21. The second-order valence-electron chi connectivity index (χ2n) is 6.78. The third-order valence-electron chi connectivity index (χ3n) is 4.36. The molecule has 0 fully saturated rings. The van der Waals surface area contributed by atoms with Crippen LogP contribution >= 0.6 is 23.4 Å². The van der Waals surface area contributed by atoms with Crippen molar-refractivity contribution in [1.29, 1.82) is 0 Å². The van der Waals surface area contributed by atoms with E-state index in [-0.39, 0.29) is 29.9 Å². The molecule has 0 saturated carbocycles. The van der Waals surface area contributed by atoms with Crippen molar-refractivity contribution in [2.24, 2.45) is 0 Å². The lowest BCUT2D eigenvalue weighted by atomic mass is 10.2. The van der Waals surface area contributed by atoms with Gasteiger partial charge in [-0.2, -0.15) is 0 Å². The summed E-state index contributed by atoms with van der Waals surface area (Å²) in [6, 6.07) is 10.5. The Morgan fingerprint density at radius 3 is 2.55 bits per heavy atom. The fraction of sp³-hybridized carbons (Fsp3) is 0.318. The largest absolute Gasteiger partial charge is 0.495 e. The van der Waals surface area contributed by atoms with E-state index in [2.05, 4.69) is 10.6 Å². The molecule has 2 rings (SSSR count). The maximum atomic E-state index is 12.9. The van der Waals surface area contributed by atoms with Crippen LogP contribution in [0.25, 0.3) is 0 Å². The molecule has 0 aliphatic rings. The van der Waals surface area contributed by atoms with E-state index in [0.29, 0.717) is 28.6 Å². The molecule has 0 saturated heterocycles. The summed E-state index contributed by atoms with van der Waals surface area (Å²) in [6.07, 6.45) is 0.252. The van der Waals surface area contributed by atoms with Gasteiger partial charge in [-0.1, -0.05) is 24.6 Å². The van der Waals surface area contributed by atoms with E-state index in [1.165, 1.54) is 18.9 Å². The van der Waals surface area contributed by atoms with E-state index in [1.807, 2.05) is 19.9 Å². The molecule has 0 aliphatic heterocycles. The number of hydrogen-bond donors (Lipinski definition) is 3. The van der Waals surface area contributed by atoms with Crippen LogP contribution in [0.4, 0.5) is 11.4 Å². The maximum Gasteiger partial charge on any atom is 0.303 e. The van der Waals surface area contributed by atoms with Gasteiger partial charge in [0.05, 0.1) is 24.5 Å². The fourth-order valence-electron chi connectivity index (χ4n) is 2.72. The lowest BCUT2D eigenvalue weighted by molar-refractivity contribution is -0.138. The van der Waals surface area contributed by atoms with E-state index in [1.54, 1.807) is 30.3 Å². The Bertz CT molecular complexity index is 967. The van der Waals surface area contributed by atoms with Gasteiger partial charge in [-0.3, -0.25) is 14.4 Å². The minimum Gasteiger partial charge on any atom is -0.495 e. The minimum atomic E-state index is -1.02. The number of rotatable bonds is 10. The van der Waals surface area contributed by atoms with Crippen LogP contribution in [-0.4, -0.2) is 35.2 Å². The Balaban J connectivity index is 2.07. The van der Waals surface area contributed by atoms with Gasteiger partial charge in [-0.05, 0) is 43.2 Å².